The van der Waals surface area contributed by atoms with E-state index in [1.165, 1.54) is 11.8 Å². The van der Waals surface area contributed by atoms with Gasteiger partial charge in [-0.15, -0.1) is 11.8 Å². The summed E-state index contributed by atoms with van der Waals surface area (Å²) in [5.74, 6) is 0.690. The molecule has 1 aromatic carbocycles. The molecule has 0 aliphatic carbocycles. The van der Waals surface area contributed by atoms with Crippen LogP contribution in [0.3, 0.4) is 0 Å². The summed E-state index contributed by atoms with van der Waals surface area (Å²) in [7, 11) is 0. The van der Waals surface area contributed by atoms with Crippen molar-refractivity contribution in [1.82, 2.24) is 25.2 Å². The lowest BCUT2D eigenvalue weighted by Crippen LogP contribution is -3.14. The number of carbonyl (C=O) groups excluding carboxylic acids is 1. The van der Waals surface area contributed by atoms with Crippen molar-refractivity contribution in [1.29, 1.82) is 0 Å². The number of nitrogens with zero attached hydrogens (tertiary/aromatic N) is 4. The van der Waals surface area contributed by atoms with E-state index in [4.69, 9.17) is 10.5 Å². The molecule has 3 heterocycles. The molecule has 0 saturated carbocycles. The predicted octanol–water partition coefficient (Wildman–Crippen LogP) is 1.28. The highest BCUT2D eigenvalue weighted by Crippen LogP contribution is 2.28. The van der Waals surface area contributed by atoms with Crippen LogP contribution in [0.2, 0.25) is 0 Å². The van der Waals surface area contributed by atoms with Gasteiger partial charge in [0.2, 0.25) is 5.95 Å². The van der Waals surface area contributed by atoms with Gasteiger partial charge in [-0.1, -0.05) is 6.07 Å². The Kier molecular flexibility index (Phi) is 10.1. The largest absolute Gasteiger partial charge is 0.613 e. The van der Waals surface area contributed by atoms with E-state index in [1.54, 1.807) is 0 Å². The van der Waals surface area contributed by atoms with Gasteiger partial charge in [-0.25, -0.2) is 9.97 Å². The lowest BCUT2D eigenvalue weighted by atomic mass is 9.97. The van der Waals surface area contributed by atoms with E-state index in [9.17, 15) is 10.0 Å². The number of anilines is 1. The molecule has 4 bridgehead atoms. The number of fused-ring (bicyclic) bond motifs is 5. The molecule has 1 atom stereocenters. The predicted molar refractivity (Wildman–Crippen MR) is 146 cm³/mol. The van der Waals surface area contributed by atoms with Gasteiger partial charge in [-0.3, -0.25) is 14.9 Å². The van der Waals surface area contributed by atoms with Gasteiger partial charge in [0.15, 0.2) is 0 Å². The van der Waals surface area contributed by atoms with Crippen molar-refractivity contribution in [3.05, 3.63) is 40.1 Å². The third kappa shape index (κ3) is 7.86. The van der Waals surface area contributed by atoms with Crippen LogP contribution in [0, 0.1) is 19.1 Å². The summed E-state index contributed by atoms with van der Waals surface area (Å²) in [5, 5.41) is 19.1. The minimum Gasteiger partial charge on any atom is -0.613 e. The van der Waals surface area contributed by atoms with Crippen LogP contribution in [0.25, 0.3) is 11.3 Å². The van der Waals surface area contributed by atoms with Crippen LogP contribution in [0.5, 0.6) is 0 Å². The fourth-order valence-corrected chi connectivity index (χ4v) is 5.64. The second kappa shape index (κ2) is 13.5. The Balaban J connectivity index is 1.51. The number of rotatable bonds is 3. The summed E-state index contributed by atoms with van der Waals surface area (Å²) in [4.78, 5) is 24.2. The zero-order valence-corrected chi connectivity index (χ0v) is 22.7. The van der Waals surface area contributed by atoms with E-state index in [0.717, 1.165) is 73.8 Å². The average molecular weight is 530 g/mol. The molecule has 1 amide bonds. The lowest BCUT2D eigenvalue weighted by molar-refractivity contribution is -0.970. The molecule has 202 valence electrons. The number of aryl methyl sites for hydroxylation is 2. The summed E-state index contributed by atoms with van der Waals surface area (Å²) in [6.07, 6.45) is 2.67. The molecule has 1 saturated heterocycles. The van der Waals surface area contributed by atoms with Crippen LogP contribution in [0.15, 0.2) is 23.2 Å². The quantitative estimate of drug-likeness (QED) is 0.398. The summed E-state index contributed by atoms with van der Waals surface area (Å²) < 4.78 is 5.57. The second-order valence-corrected chi connectivity index (χ2v) is 10.8. The molecule has 1 unspecified atom stereocenters. The molecule has 4 rings (SSSR count). The van der Waals surface area contributed by atoms with Gasteiger partial charge in [0, 0.05) is 50.5 Å². The molecule has 0 radical (unpaired) electrons. The van der Waals surface area contributed by atoms with Gasteiger partial charge in [0.1, 0.15) is 11.6 Å². The van der Waals surface area contributed by atoms with Crippen molar-refractivity contribution in [3.63, 3.8) is 0 Å². The Morgan fingerprint density at radius 1 is 1.05 bits per heavy atom. The molecule has 4 N–H and O–H groups in total. The fraction of sp³-hybridized carbons (Fsp3) is 0.577. The molecule has 0 spiro atoms. The van der Waals surface area contributed by atoms with Gasteiger partial charge in [-0.05, 0) is 56.4 Å². The van der Waals surface area contributed by atoms with E-state index in [2.05, 4.69) is 20.2 Å². The summed E-state index contributed by atoms with van der Waals surface area (Å²) in [6.45, 7) is 10.6. The van der Waals surface area contributed by atoms with Crippen LogP contribution in [0.1, 0.15) is 40.7 Å². The number of nitrogens with one attached hydrogen (secondary N) is 2. The topological polar surface area (TPSA) is 124 Å². The Bertz CT molecular complexity index is 1060. The maximum absolute atomic E-state index is 13.2. The summed E-state index contributed by atoms with van der Waals surface area (Å²) >= 11 is 1.51. The molecule has 1 aromatic heterocycles. The van der Waals surface area contributed by atoms with Crippen LogP contribution in [0.4, 0.5) is 5.95 Å². The van der Waals surface area contributed by atoms with E-state index in [0.29, 0.717) is 43.2 Å². The van der Waals surface area contributed by atoms with Gasteiger partial charge in [0.25, 0.3) is 5.91 Å². The Morgan fingerprint density at radius 2 is 1.89 bits per heavy atom. The first-order valence-electron chi connectivity index (χ1n) is 13.2. The smallest absolute Gasteiger partial charge is 0.251 e. The number of hydrogen-bond acceptors (Lipinski definition) is 9. The van der Waals surface area contributed by atoms with Crippen LogP contribution in [-0.4, -0.2) is 90.6 Å². The summed E-state index contributed by atoms with van der Waals surface area (Å²) in [5.41, 5.74) is 10.2. The SMILES string of the molecule is Cc1cc(C)c2cc1C(=O)NCCCCN(CCN1CCCOCC1)[NH+]([O-])CCSc1cc-2nc(N)n1. The number of thioether (sulfide) groups is 1. The maximum atomic E-state index is 13.2. The monoisotopic (exact) mass is 529 g/mol. The average Bonchev–Trinajstić information content (AvgIpc) is 3.13. The van der Waals surface area contributed by atoms with Gasteiger partial charge in [0.05, 0.1) is 24.6 Å². The van der Waals surface area contributed by atoms with Gasteiger partial charge < -0.3 is 21.0 Å². The number of hydroxylamine groups is 1. The Labute approximate surface area is 223 Å². The van der Waals surface area contributed by atoms with E-state index in [-0.39, 0.29) is 17.0 Å². The van der Waals surface area contributed by atoms with Crippen LogP contribution in [-0.2, 0) is 4.74 Å². The highest BCUT2D eigenvalue weighted by atomic mass is 32.2. The normalized spacial score (nSPS) is 21.2. The summed E-state index contributed by atoms with van der Waals surface area (Å²) in [6, 6.07) is 5.80. The molecule has 1 fully saturated rings. The molecule has 10 nitrogen and oxygen atoms in total. The standard InChI is InChI=1S/C26H39N7O3S/c1-19-16-20(2)22-17-21(19)23-18-24(30-26(27)29-23)37-15-12-33(35)32(8-4-3-6-28-25(22)34)10-9-31-7-5-13-36-14-11-31/h16-18,33H,3-15H2,1-2H3,(H,28,34)(H2,27,29,30). The van der Waals surface area contributed by atoms with E-state index >= 15 is 0 Å². The molecule has 2 aliphatic heterocycles. The van der Waals surface area contributed by atoms with Crippen molar-refractivity contribution >= 4 is 23.6 Å². The molecule has 2 aromatic rings. The Hall–Kier alpha value is -2.28. The first-order valence-corrected chi connectivity index (χ1v) is 14.1. The molecule has 2 aliphatic rings. The Morgan fingerprint density at radius 3 is 2.76 bits per heavy atom. The van der Waals surface area contributed by atoms with Crippen LogP contribution < -0.4 is 16.2 Å². The molecular weight excluding hydrogens is 490 g/mol. The number of ether oxygens (including phenoxy) is 1. The first-order chi connectivity index (χ1) is 17.9. The zero-order chi connectivity index (χ0) is 26.2. The number of hydrogen-bond donors (Lipinski definition) is 3. The third-order valence-corrected chi connectivity index (χ3v) is 7.78. The van der Waals surface area contributed by atoms with Gasteiger partial charge in [-0.2, -0.15) is 5.01 Å². The molecule has 11 heteroatoms. The van der Waals surface area contributed by atoms with Gasteiger partial charge >= 0.3 is 0 Å². The first kappa shape index (κ1) is 27.7. The molecule has 37 heavy (non-hydrogen) atoms. The number of nitrogen functional groups attached to an aromatic ring is 1. The highest BCUT2D eigenvalue weighted by molar-refractivity contribution is 7.99. The van der Waals surface area contributed by atoms with Crippen molar-refractivity contribution in [2.24, 2.45) is 0 Å². The lowest BCUT2D eigenvalue weighted by Gasteiger charge is -2.35. The number of aromatic nitrogens is 2. The number of nitrogens with two attached hydrogens (primary N) is 1. The van der Waals surface area contributed by atoms with Crippen molar-refractivity contribution in [2.75, 3.05) is 70.5 Å². The molecular formula is C26H39N7O3S. The van der Waals surface area contributed by atoms with E-state index in [1.807, 2.05) is 37.1 Å². The number of carbonyl (C=O) groups is 1. The second-order valence-electron chi connectivity index (χ2n) is 9.68. The minimum absolute atomic E-state index is 0.101. The van der Waals surface area contributed by atoms with Crippen molar-refractivity contribution in [2.45, 2.75) is 38.1 Å². The van der Waals surface area contributed by atoms with Crippen molar-refractivity contribution < 1.29 is 14.7 Å². The number of benzene rings is 1. The third-order valence-electron chi connectivity index (χ3n) is 6.87. The number of amides is 1. The van der Waals surface area contributed by atoms with Crippen LogP contribution >= 0.6 is 11.8 Å². The minimum atomic E-state index is -0.101. The van der Waals surface area contributed by atoms with Crippen molar-refractivity contribution in [3.8, 4) is 11.3 Å². The zero-order valence-electron chi connectivity index (χ0n) is 21.9. The highest BCUT2D eigenvalue weighted by Gasteiger charge is 2.18. The van der Waals surface area contributed by atoms with E-state index < -0.39 is 0 Å². The fourth-order valence-electron chi connectivity index (χ4n) is 4.80. The number of quaternary nitrogens is 1. The maximum Gasteiger partial charge on any atom is 0.251 e.